The van der Waals surface area contributed by atoms with Crippen LogP contribution >= 0.6 is 11.6 Å². The number of rotatable bonds is 5. The second-order valence-electron chi connectivity index (χ2n) is 3.80. The summed E-state index contributed by atoms with van der Waals surface area (Å²) in [5.41, 5.74) is 1.36. The van der Waals surface area contributed by atoms with E-state index in [1.54, 1.807) is 19.1 Å². The van der Waals surface area contributed by atoms with Gasteiger partial charge < -0.3 is 15.0 Å². The van der Waals surface area contributed by atoms with Gasteiger partial charge in [0.2, 0.25) is 0 Å². The van der Waals surface area contributed by atoms with Crippen LogP contribution in [0.15, 0.2) is 30.5 Å². The zero-order chi connectivity index (χ0) is 13.7. The van der Waals surface area contributed by atoms with Crippen molar-refractivity contribution in [2.75, 3.05) is 11.9 Å². The average molecular weight is 280 g/mol. The first-order valence-corrected chi connectivity index (χ1v) is 6.28. The molecule has 0 saturated carbocycles. The Hall–Kier alpha value is -2.01. The van der Waals surface area contributed by atoms with E-state index in [9.17, 15) is 4.79 Å². The van der Waals surface area contributed by atoms with E-state index in [0.717, 1.165) is 5.69 Å². The van der Waals surface area contributed by atoms with Crippen LogP contribution in [0.5, 0.6) is 0 Å². The number of anilines is 1. The molecule has 2 heterocycles. The number of nitrogens with one attached hydrogen (secondary N) is 2. The molecule has 0 aliphatic rings. The molecule has 0 aliphatic carbocycles. The molecular formula is C13H14ClN3O2. The van der Waals surface area contributed by atoms with E-state index in [2.05, 4.69) is 15.3 Å². The number of H-pyrrole nitrogens is 1. The molecule has 2 aromatic heterocycles. The molecular weight excluding hydrogens is 266 g/mol. The van der Waals surface area contributed by atoms with Gasteiger partial charge in [-0.1, -0.05) is 11.6 Å². The number of hydrogen-bond acceptors (Lipinski definition) is 4. The molecule has 0 atom stereocenters. The number of ether oxygens (including phenoxy) is 1. The third-order valence-corrected chi connectivity index (χ3v) is 2.68. The Balaban J connectivity index is 2.17. The molecule has 2 N–H and O–H groups in total. The maximum Gasteiger partial charge on any atom is 0.341 e. The smallest absolute Gasteiger partial charge is 0.341 e. The van der Waals surface area contributed by atoms with E-state index in [1.807, 2.05) is 18.3 Å². The van der Waals surface area contributed by atoms with Gasteiger partial charge in [0.05, 0.1) is 13.2 Å². The monoisotopic (exact) mass is 279 g/mol. The van der Waals surface area contributed by atoms with Gasteiger partial charge in [0, 0.05) is 11.9 Å². The van der Waals surface area contributed by atoms with Gasteiger partial charge in [-0.2, -0.15) is 0 Å². The minimum absolute atomic E-state index is 0.317. The quantitative estimate of drug-likeness (QED) is 0.652. The summed E-state index contributed by atoms with van der Waals surface area (Å²) in [5, 5.41) is 3.39. The van der Waals surface area contributed by atoms with Crippen LogP contribution in [0.4, 0.5) is 5.82 Å². The molecule has 0 radical (unpaired) electrons. The van der Waals surface area contributed by atoms with E-state index < -0.39 is 5.97 Å². The van der Waals surface area contributed by atoms with Crippen molar-refractivity contribution >= 4 is 23.4 Å². The molecule has 6 heteroatoms. The number of halogens is 1. The average Bonchev–Trinajstić information content (AvgIpc) is 2.89. The molecule has 2 aromatic rings. The summed E-state index contributed by atoms with van der Waals surface area (Å²) in [6.45, 7) is 2.59. The van der Waals surface area contributed by atoms with Crippen molar-refractivity contribution in [2.24, 2.45) is 0 Å². The van der Waals surface area contributed by atoms with Gasteiger partial charge in [-0.15, -0.1) is 0 Å². The van der Waals surface area contributed by atoms with Gasteiger partial charge in [0.25, 0.3) is 0 Å². The maximum atomic E-state index is 11.8. The Morgan fingerprint density at radius 1 is 1.47 bits per heavy atom. The van der Waals surface area contributed by atoms with Gasteiger partial charge in [0.15, 0.2) is 0 Å². The van der Waals surface area contributed by atoms with E-state index in [1.165, 1.54) is 0 Å². The lowest BCUT2D eigenvalue weighted by Crippen LogP contribution is -2.11. The van der Waals surface area contributed by atoms with Crippen LogP contribution in [-0.4, -0.2) is 22.5 Å². The highest BCUT2D eigenvalue weighted by molar-refractivity contribution is 6.29. The molecule has 0 aliphatic heterocycles. The van der Waals surface area contributed by atoms with Crippen molar-refractivity contribution < 1.29 is 9.53 Å². The number of nitrogens with zero attached hydrogens (tertiary/aromatic N) is 1. The van der Waals surface area contributed by atoms with Gasteiger partial charge in [-0.25, -0.2) is 9.78 Å². The molecule has 100 valence electrons. The Bertz CT molecular complexity index is 555. The molecule has 19 heavy (non-hydrogen) atoms. The number of carbonyl (C=O) groups excluding carboxylic acids is 1. The first-order chi connectivity index (χ1) is 9.20. The summed E-state index contributed by atoms with van der Waals surface area (Å²) in [6, 6.07) is 6.99. The summed E-state index contributed by atoms with van der Waals surface area (Å²) >= 11 is 5.85. The van der Waals surface area contributed by atoms with Crippen LogP contribution in [0, 0.1) is 0 Å². The zero-order valence-electron chi connectivity index (χ0n) is 10.4. The highest BCUT2D eigenvalue weighted by Gasteiger charge is 2.14. The van der Waals surface area contributed by atoms with Crippen LogP contribution in [0.25, 0.3) is 0 Å². The van der Waals surface area contributed by atoms with Crippen molar-refractivity contribution in [3.8, 4) is 0 Å². The molecule has 0 unspecified atom stereocenters. The highest BCUT2D eigenvalue weighted by atomic mass is 35.5. The third-order valence-electron chi connectivity index (χ3n) is 2.47. The summed E-state index contributed by atoms with van der Waals surface area (Å²) in [6.07, 6.45) is 1.83. The predicted molar refractivity (Wildman–Crippen MR) is 73.3 cm³/mol. The minimum atomic E-state index is -0.416. The summed E-state index contributed by atoms with van der Waals surface area (Å²) in [5.74, 6) is 0.00111. The summed E-state index contributed by atoms with van der Waals surface area (Å²) < 4.78 is 4.98. The van der Waals surface area contributed by atoms with Crippen molar-refractivity contribution in [2.45, 2.75) is 13.5 Å². The first kappa shape index (κ1) is 13.4. The molecule has 0 bridgehead atoms. The highest BCUT2D eigenvalue weighted by Crippen LogP contribution is 2.18. The normalized spacial score (nSPS) is 10.2. The Morgan fingerprint density at radius 3 is 3.00 bits per heavy atom. The third kappa shape index (κ3) is 3.48. The van der Waals surface area contributed by atoms with Crippen LogP contribution < -0.4 is 5.32 Å². The van der Waals surface area contributed by atoms with Crippen LogP contribution in [-0.2, 0) is 11.3 Å². The maximum absolute atomic E-state index is 11.8. The minimum Gasteiger partial charge on any atom is -0.462 e. The van der Waals surface area contributed by atoms with Crippen LogP contribution in [0.3, 0.4) is 0 Å². The lowest BCUT2D eigenvalue weighted by molar-refractivity contribution is 0.0527. The lowest BCUT2D eigenvalue weighted by Gasteiger charge is -2.10. The van der Waals surface area contributed by atoms with Crippen molar-refractivity contribution in [1.82, 2.24) is 9.97 Å². The fourth-order valence-electron chi connectivity index (χ4n) is 1.60. The van der Waals surface area contributed by atoms with Gasteiger partial charge in [0.1, 0.15) is 16.5 Å². The molecule has 0 amide bonds. The number of aromatic amines is 1. The predicted octanol–water partition coefficient (Wildman–Crippen LogP) is 2.85. The number of hydrogen-bond donors (Lipinski definition) is 2. The standard InChI is InChI=1S/C13H14ClN3O2/c1-2-19-13(18)10-5-6-11(14)17-12(10)16-8-9-4-3-7-15-9/h3-7,15H,2,8H2,1H3,(H,16,17). The van der Waals surface area contributed by atoms with E-state index in [0.29, 0.717) is 29.7 Å². The zero-order valence-corrected chi connectivity index (χ0v) is 11.2. The molecule has 5 nitrogen and oxygen atoms in total. The molecule has 0 fully saturated rings. The first-order valence-electron chi connectivity index (χ1n) is 5.90. The molecule has 2 rings (SSSR count). The van der Waals surface area contributed by atoms with Crippen molar-refractivity contribution in [1.29, 1.82) is 0 Å². The summed E-state index contributed by atoms with van der Waals surface area (Å²) in [7, 11) is 0. The van der Waals surface area contributed by atoms with E-state index in [4.69, 9.17) is 16.3 Å². The second kappa shape index (κ2) is 6.24. The number of pyridine rings is 1. The molecule has 0 saturated heterocycles. The lowest BCUT2D eigenvalue weighted by atomic mass is 10.2. The Kier molecular flexibility index (Phi) is 4.41. The molecule has 0 spiro atoms. The molecule has 0 aromatic carbocycles. The van der Waals surface area contributed by atoms with Crippen LogP contribution in [0.1, 0.15) is 23.0 Å². The van der Waals surface area contributed by atoms with Crippen molar-refractivity contribution in [3.63, 3.8) is 0 Å². The SMILES string of the molecule is CCOC(=O)c1ccc(Cl)nc1NCc1ccc[nH]1. The number of esters is 1. The van der Waals surface area contributed by atoms with Gasteiger partial charge in [-0.05, 0) is 31.2 Å². The Morgan fingerprint density at radius 2 is 2.32 bits per heavy atom. The van der Waals surface area contributed by atoms with Gasteiger partial charge >= 0.3 is 5.97 Å². The Labute approximate surface area is 116 Å². The second-order valence-corrected chi connectivity index (χ2v) is 4.19. The number of aromatic nitrogens is 2. The van der Waals surface area contributed by atoms with E-state index in [-0.39, 0.29) is 0 Å². The number of carbonyl (C=O) groups is 1. The van der Waals surface area contributed by atoms with Gasteiger partial charge in [-0.3, -0.25) is 0 Å². The van der Waals surface area contributed by atoms with Crippen molar-refractivity contribution in [3.05, 3.63) is 46.9 Å². The topological polar surface area (TPSA) is 67.0 Å². The fourth-order valence-corrected chi connectivity index (χ4v) is 1.75. The van der Waals surface area contributed by atoms with Crippen LogP contribution in [0.2, 0.25) is 5.15 Å². The summed E-state index contributed by atoms with van der Waals surface area (Å²) in [4.78, 5) is 19.0. The van der Waals surface area contributed by atoms with E-state index >= 15 is 0 Å². The largest absolute Gasteiger partial charge is 0.462 e. The fraction of sp³-hybridized carbons (Fsp3) is 0.231.